The lowest BCUT2D eigenvalue weighted by Gasteiger charge is -2.32. The molecule has 1 aromatic carbocycles. The lowest BCUT2D eigenvalue weighted by atomic mass is 9.96. The molecule has 0 aliphatic carbocycles. The fourth-order valence-electron chi connectivity index (χ4n) is 3.52. The molecule has 1 fully saturated rings. The number of piperidine rings is 1. The molecular weight excluding hydrogens is 312 g/mol. The molecule has 136 valence electrons. The molecular formula is C20H30N4O. The zero-order chi connectivity index (χ0) is 17.5. The van der Waals surface area contributed by atoms with Crippen LogP contribution in [0.15, 0.2) is 42.7 Å². The monoisotopic (exact) mass is 342 g/mol. The number of hydrogen-bond acceptors (Lipinski definition) is 4. The second kappa shape index (κ2) is 9.13. The van der Waals surface area contributed by atoms with Gasteiger partial charge in [-0.3, -0.25) is 4.68 Å². The molecule has 5 nitrogen and oxygen atoms in total. The van der Waals surface area contributed by atoms with E-state index in [0.29, 0.717) is 0 Å². The fraction of sp³-hybridized carbons (Fsp3) is 0.550. The first kappa shape index (κ1) is 18.1. The van der Waals surface area contributed by atoms with Crippen LogP contribution >= 0.6 is 0 Å². The summed E-state index contributed by atoms with van der Waals surface area (Å²) in [6, 6.07) is 10.4. The Kier molecular flexibility index (Phi) is 6.62. The highest BCUT2D eigenvalue weighted by molar-refractivity contribution is 5.15. The number of aromatic nitrogens is 2. The molecule has 0 unspecified atom stereocenters. The topological polar surface area (TPSA) is 53.3 Å². The van der Waals surface area contributed by atoms with Crippen LogP contribution in [0.25, 0.3) is 0 Å². The van der Waals surface area contributed by atoms with E-state index in [4.69, 9.17) is 0 Å². The van der Waals surface area contributed by atoms with Crippen molar-refractivity contribution in [3.63, 3.8) is 0 Å². The van der Waals surface area contributed by atoms with E-state index in [1.165, 1.54) is 24.0 Å². The minimum atomic E-state index is -0.220. The van der Waals surface area contributed by atoms with E-state index in [1.807, 2.05) is 23.9 Å². The number of nitrogens with zero attached hydrogens (tertiary/aromatic N) is 3. The molecule has 0 spiro atoms. The summed E-state index contributed by atoms with van der Waals surface area (Å²) in [7, 11) is 0. The predicted octanol–water partition coefficient (Wildman–Crippen LogP) is 2.11. The SMILES string of the molecule is C[C@@H](O)CN1CCC(CNCc2cnn(Cc3ccccc3)c2)CC1. The van der Waals surface area contributed by atoms with Gasteiger partial charge in [0.1, 0.15) is 0 Å². The molecule has 0 amide bonds. The van der Waals surface area contributed by atoms with Crippen molar-refractivity contribution >= 4 is 0 Å². The summed E-state index contributed by atoms with van der Waals surface area (Å²) >= 11 is 0. The van der Waals surface area contributed by atoms with Gasteiger partial charge in [-0.1, -0.05) is 30.3 Å². The number of β-amino-alcohol motifs (C(OH)–C–C–N with tert-alkyl or cyclic N) is 1. The standard InChI is InChI=1S/C20H30N4O/c1-17(25)14-23-9-7-18(8-10-23)11-21-12-20-13-22-24(16-20)15-19-5-3-2-4-6-19/h2-6,13,16-18,21,25H,7-12,14-15H2,1H3/t17-/m1/s1. The van der Waals surface area contributed by atoms with Crippen LogP contribution in [0.4, 0.5) is 0 Å². The van der Waals surface area contributed by atoms with Crippen LogP contribution in [0.1, 0.15) is 30.9 Å². The van der Waals surface area contributed by atoms with Gasteiger partial charge in [-0.25, -0.2) is 0 Å². The highest BCUT2D eigenvalue weighted by atomic mass is 16.3. The maximum absolute atomic E-state index is 9.47. The van der Waals surface area contributed by atoms with Crippen molar-refractivity contribution in [2.75, 3.05) is 26.2 Å². The Hall–Kier alpha value is -1.69. The van der Waals surface area contributed by atoms with Gasteiger partial charge in [0.05, 0.1) is 18.8 Å². The van der Waals surface area contributed by atoms with E-state index in [0.717, 1.165) is 45.2 Å². The lowest BCUT2D eigenvalue weighted by molar-refractivity contribution is 0.0998. The van der Waals surface area contributed by atoms with Crippen molar-refractivity contribution < 1.29 is 5.11 Å². The molecule has 2 aromatic rings. The molecule has 1 aliphatic rings. The normalized spacial score (nSPS) is 17.7. The molecule has 3 rings (SSSR count). The average molecular weight is 342 g/mol. The first-order valence-electron chi connectivity index (χ1n) is 9.35. The number of likely N-dealkylation sites (tertiary alicyclic amines) is 1. The minimum Gasteiger partial charge on any atom is -0.392 e. The van der Waals surface area contributed by atoms with E-state index < -0.39 is 0 Å². The summed E-state index contributed by atoms with van der Waals surface area (Å²) in [4.78, 5) is 2.37. The molecule has 1 atom stereocenters. The Morgan fingerprint density at radius 1 is 1.20 bits per heavy atom. The highest BCUT2D eigenvalue weighted by Crippen LogP contribution is 2.16. The third kappa shape index (κ3) is 5.96. The van der Waals surface area contributed by atoms with Crippen molar-refractivity contribution in [2.45, 2.75) is 39.0 Å². The predicted molar refractivity (Wildman–Crippen MR) is 100 cm³/mol. The van der Waals surface area contributed by atoms with Gasteiger partial charge >= 0.3 is 0 Å². The Morgan fingerprint density at radius 3 is 2.68 bits per heavy atom. The van der Waals surface area contributed by atoms with Gasteiger partial charge in [-0.2, -0.15) is 5.10 Å². The maximum Gasteiger partial charge on any atom is 0.0659 e. The fourth-order valence-corrected chi connectivity index (χ4v) is 3.52. The van der Waals surface area contributed by atoms with Crippen LogP contribution in [-0.2, 0) is 13.1 Å². The summed E-state index contributed by atoms with van der Waals surface area (Å²) in [6.45, 7) is 7.64. The summed E-state index contributed by atoms with van der Waals surface area (Å²) < 4.78 is 2.00. The van der Waals surface area contributed by atoms with Crippen molar-refractivity contribution in [3.8, 4) is 0 Å². The third-order valence-corrected chi connectivity index (χ3v) is 4.87. The average Bonchev–Trinajstić information content (AvgIpc) is 3.04. The van der Waals surface area contributed by atoms with Crippen LogP contribution in [0.5, 0.6) is 0 Å². The van der Waals surface area contributed by atoms with Gasteiger partial charge in [0, 0.05) is 24.8 Å². The van der Waals surface area contributed by atoms with Crippen LogP contribution in [0, 0.1) is 5.92 Å². The maximum atomic E-state index is 9.47. The number of nitrogens with one attached hydrogen (secondary N) is 1. The zero-order valence-corrected chi connectivity index (χ0v) is 15.1. The molecule has 1 aromatic heterocycles. The summed E-state index contributed by atoms with van der Waals surface area (Å²) in [5.41, 5.74) is 2.51. The molecule has 25 heavy (non-hydrogen) atoms. The quantitative estimate of drug-likeness (QED) is 0.771. The van der Waals surface area contributed by atoms with E-state index in [2.05, 4.69) is 45.8 Å². The van der Waals surface area contributed by atoms with Gasteiger partial charge in [0.2, 0.25) is 0 Å². The lowest BCUT2D eigenvalue weighted by Crippen LogP contribution is -2.40. The molecule has 2 N–H and O–H groups in total. The molecule has 0 saturated carbocycles. The summed E-state index contributed by atoms with van der Waals surface area (Å²) in [5.74, 6) is 0.740. The Bertz CT molecular complexity index is 618. The number of hydrogen-bond donors (Lipinski definition) is 2. The van der Waals surface area contributed by atoms with Crippen molar-refractivity contribution in [2.24, 2.45) is 5.92 Å². The van der Waals surface area contributed by atoms with Gasteiger partial charge < -0.3 is 15.3 Å². The Balaban J connectivity index is 1.36. The second-order valence-electron chi connectivity index (χ2n) is 7.26. The van der Waals surface area contributed by atoms with Gasteiger partial charge in [0.15, 0.2) is 0 Å². The molecule has 1 saturated heterocycles. The first-order chi connectivity index (χ1) is 12.2. The van der Waals surface area contributed by atoms with Crippen LogP contribution in [0.3, 0.4) is 0 Å². The largest absolute Gasteiger partial charge is 0.392 e. The molecule has 1 aliphatic heterocycles. The van der Waals surface area contributed by atoms with E-state index in [9.17, 15) is 5.11 Å². The molecule has 2 heterocycles. The van der Waals surface area contributed by atoms with E-state index >= 15 is 0 Å². The van der Waals surface area contributed by atoms with E-state index in [-0.39, 0.29) is 6.10 Å². The third-order valence-electron chi connectivity index (χ3n) is 4.87. The highest BCUT2D eigenvalue weighted by Gasteiger charge is 2.19. The first-order valence-corrected chi connectivity index (χ1v) is 9.35. The van der Waals surface area contributed by atoms with Crippen LogP contribution < -0.4 is 5.32 Å². The van der Waals surface area contributed by atoms with Crippen molar-refractivity contribution in [1.29, 1.82) is 0 Å². The smallest absolute Gasteiger partial charge is 0.0659 e. The van der Waals surface area contributed by atoms with Crippen LogP contribution in [0.2, 0.25) is 0 Å². The number of benzene rings is 1. The molecule has 5 heteroatoms. The van der Waals surface area contributed by atoms with Gasteiger partial charge in [-0.05, 0) is 50.9 Å². The van der Waals surface area contributed by atoms with Gasteiger partial charge in [-0.15, -0.1) is 0 Å². The summed E-state index contributed by atoms with van der Waals surface area (Å²) in [5, 5.41) is 17.5. The van der Waals surface area contributed by atoms with E-state index in [1.54, 1.807) is 0 Å². The number of rotatable bonds is 8. The molecule has 0 radical (unpaired) electrons. The zero-order valence-electron chi connectivity index (χ0n) is 15.1. The van der Waals surface area contributed by atoms with Crippen molar-refractivity contribution in [1.82, 2.24) is 20.0 Å². The minimum absolute atomic E-state index is 0.220. The Morgan fingerprint density at radius 2 is 1.96 bits per heavy atom. The number of aliphatic hydroxyl groups excluding tert-OH is 1. The van der Waals surface area contributed by atoms with Gasteiger partial charge in [0.25, 0.3) is 0 Å². The molecule has 0 bridgehead atoms. The van der Waals surface area contributed by atoms with Crippen molar-refractivity contribution in [3.05, 3.63) is 53.9 Å². The summed E-state index contributed by atoms with van der Waals surface area (Å²) in [6.07, 6.45) is 6.30. The second-order valence-corrected chi connectivity index (χ2v) is 7.26. The Labute approximate surface area is 150 Å². The van der Waals surface area contributed by atoms with Crippen LogP contribution in [-0.4, -0.2) is 52.1 Å². The number of aliphatic hydroxyl groups is 1.